The van der Waals surface area contributed by atoms with Crippen LogP contribution in [-0.4, -0.2) is 18.5 Å². The van der Waals surface area contributed by atoms with Crippen LogP contribution in [0.4, 0.5) is 0 Å². The molecule has 0 aliphatic carbocycles. The first kappa shape index (κ1) is 15.9. The summed E-state index contributed by atoms with van der Waals surface area (Å²) in [5, 5.41) is 3.54. The van der Waals surface area contributed by atoms with Gasteiger partial charge < -0.3 is 18.9 Å². The maximum Gasteiger partial charge on any atom is 0.375 e. The summed E-state index contributed by atoms with van der Waals surface area (Å²) >= 11 is 0. The number of nitrogens with one attached hydrogen (secondary N) is 1. The van der Waals surface area contributed by atoms with E-state index in [0.717, 1.165) is 5.39 Å². The minimum Gasteiger partial charge on any atom is -0.467 e. The lowest BCUT2D eigenvalue weighted by atomic mass is 10.1. The van der Waals surface area contributed by atoms with E-state index in [1.165, 1.54) is 6.26 Å². The molecular weight excluding hydrogens is 310 g/mol. The molecule has 2 heterocycles. The highest BCUT2D eigenvalue weighted by molar-refractivity contribution is 5.96. The molecule has 0 aliphatic rings. The van der Waals surface area contributed by atoms with Gasteiger partial charge in [-0.2, -0.15) is 0 Å². The summed E-state index contributed by atoms with van der Waals surface area (Å²) in [6, 6.07) is 10.5. The van der Waals surface area contributed by atoms with Crippen molar-refractivity contribution in [2.75, 3.05) is 6.61 Å². The topological polar surface area (TPSA) is 81.7 Å². The van der Waals surface area contributed by atoms with Gasteiger partial charge in [-0.3, -0.25) is 4.79 Å². The number of rotatable bonds is 5. The maximum absolute atomic E-state index is 12.1. The molecule has 1 amide bonds. The zero-order chi connectivity index (χ0) is 17.1. The number of carbonyl (C=O) groups excluding carboxylic acids is 2. The number of fused-ring (bicyclic) bond motifs is 1. The van der Waals surface area contributed by atoms with Gasteiger partial charge in [0.2, 0.25) is 5.76 Å². The van der Waals surface area contributed by atoms with E-state index in [1.807, 2.05) is 18.2 Å². The molecule has 1 aromatic carbocycles. The van der Waals surface area contributed by atoms with Gasteiger partial charge in [0.1, 0.15) is 11.3 Å². The Morgan fingerprint density at radius 1 is 1.21 bits per heavy atom. The van der Waals surface area contributed by atoms with E-state index in [-0.39, 0.29) is 18.4 Å². The fourth-order valence-corrected chi connectivity index (χ4v) is 2.46. The third kappa shape index (κ3) is 3.17. The van der Waals surface area contributed by atoms with Crippen LogP contribution in [0.2, 0.25) is 0 Å². The van der Waals surface area contributed by atoms with Crippen LogP contribution in [0, 0.1) is 6.92 Å². The van der Waals surface area contributed by atoms with Crippen LogP contribution in [0.25, 0.3) is 11.0 Å². The minimum atomic E-state index is -0.662. The molecule has 1 atom stereocenters. The number of hydrogen-bond acceptors (Lipinski definition) is 5. The van der Waals surface area contributed by atoms with Gasteiger partial charge in [0.15, 0.2) is 6.61 Å². The predicted molar refractivity (Wildman–Crippen MR) is 86.5 cm³/mol. The number of hydrogen-bond donors (Lipinski definition) is 1. The van der Waals surface area contributed by atoms with Crippen LogP contribution in [0.5, 0.6) is 0 Å². The molecule has 3 rings (SSSR count). The molecule has 6 heteroatoms. The molecule has 0 bridgehead atoms. The molecular formula is C18H17NO5. The first-order valence-corrected chi connectivity index (χ1v) is 7.54. The predicted octanol–water partition coefficient (Wildman–Crippen LogP) is 3.37. The number of amides is 1. The molecule has 2 aromatic heterocycles. The van der Waals surface area contributed by atoms with Crippen molar-refractivity contribution in [1.82, 2.24) is 5.32 Å². The number of benzene rings is 1. The number of furan rings is 2. The Morgan fingerprint density at radius 3 is 2.71 bits per heavy atom. The Hall–Kier alpha value is -3.02. The van der Waals surface area contributed by atoms with Crippen molar-refractivity contribution in [3.05, 3.63) is 59.7 Å². The van der Waals surface area contributed by atoms with Crippen molar-refractivity contribution in [2.24, 2.45) is 0 Å². The molecule has 1 N–H and O–H groups in total. The first-order chi connectivity index (χ1) is 11.6. The molecule has 0 spiro atoms. The molecule has 6 nitrogen and oxygen atoms in total. The van der Waals surface area contributed by atoms with Gasteiger partial charge in [-0.25, -0.2) is 4.79 Å². The highest BCUT2D eigenvalue weighted by Gasteiger charge is 2.20. The lowest BCUT2D eigenvalue weighted by Crippen LogP contribution is -2.31. The van der Waals surface area contributed by atoms with Crippen LogP contribution < -0.4 is 5.32 Å². The van der Waals surface area contributed by atoms with Crippen molar-refractivity contribution in [3.63, 3.8) is 0 Å². The van der Waals surface area contributed by atoms with Crippen molar-refractivity contribution >= 4 is 22.8 Å². The second kappa shape index (κ2) is 6.62. The molecule has 0 radical (unpaired) electrons. The van der Waals surface area contributed by atoms with Gasteiger partial charge in [0.05, 0.1) is 12.3 Å². The molecule has 0 unspecified atom stereocenters. The van der Waals surface area contributed by atoms with Gasteiger partial charge in [0.25, 0.3) is 5.91 Å². The van der Waals surface area contributed by atoms with E-state index in [9.17, 15) is 9.59 Å². The average molecular weight is 327 g/mol. The maximum atomic E-state index is 12.1. The summed E-state index contributed by atoms with van der Waals surface area (Å²) in [5.74, 6) is -0.337. The van der Waals surface area contributed by atoms with E-state index in [1.54, 1.807) is 32.0 Å². The lowest BCUT2D eigenvalue weighted by molar-refractivity contribution is -0.125. The fourth-order valence-electron chi connectivity index (χ4n) is 2.46. The van der Waals surface area contributed by atoms with Crippen LogP contribution in [-0.2, 0) is 9.53 Å². The van der Waals surface area contributed by atoms with Crippen LogP contribution in [0.3, 0.4) is 0 Å². The molecule has 0 fully saturated rings. The third-order valence-electron chi connectivity index (χ3n) is 3.71. The quantitative estimate of drug-likeness (QED) is 0.727. The van der Waals surface area contributed by atoms with Gasteiger partial charge in [0, 0.05) is 10.9 Å². The summed E-state index contributed by atoms with van der Waals surface area (Å²) in [6.07, 6.45) is 1.53. The average Bonchev–Trinajstić information content (AvgIpc) is 3.21. The van der Waals surface area contributed by atoms with Crippen molar-refractivity contribution in [3.8, 4) is 0 Å². The zero-order valence-corrected chi connectivity index (χ0v) is 13.4. The molecule has 0 saturated carbocycles. The first-order valence-electron chi connectivity index (χ1n) is 7.54. The highest BCUT2D eigenvalue weighted by Crippen LogP contribution is 2.25. The van der Waals surface area contributed by atoms with Gasteiger partial charge in [-0.15, -0.1) is 0 Å². The SMILES string of the molecule is Cc1c(C(=O)OCC(=O)N[C@@H](C)c2ccco2)oc2ccccc12. The lowest BCUT2D eigenvalue weighted by Gasteiger charge is -2.11. The summed E-state index contributed by atoms with van der Waals surface area (Å²) in [7, 11) is 0. The molecule has 3 aromatic rings. The highest BCUT2D eigenvalue weighted by atomic mass is 16.5. The second-order valence-corrected chi connectivity index (χ2v) is 5.43. The van der Waals surface area contributed by atoms with Crippen LogP contribution in [0.15, 0.2) is 51.5 Å². The number of carbonyl (C=O) groups is 2. The van der Waals surface area contributed by atoms with E-state index in [4.69, 9.17) is 13.6 Å². The number of aryl methyl sites for hydroxylation is 1. The van der Waals surface area contributed by atoms with E-state index < -0.39 is 11.9 Å². The normalized spacial score (nSPS) is 12.1. The van der Waals surface area contributed by atoms with Crippen molar-refractivity contribution < 1.29 is 23.2 Å². The van der Waals surface area contributed by atoms with E-state index >= 15 is 0 Å². The smallest absolute Gasteiger partial charge is 0.375 e. The Balaban J connectivity index is 1.60. The largest absolute Gasteiger partial charge is 0.467 e. The van der Waals surface area contributed by atoms with Crippen LogP contribution in [0.1, 0.15) is 34.8 Å². The zero-order valence-electron chi connectivity index (χ0n) is 13.4. The molecule has 24 heavy (non-hydrogen) atoms. The Kier molecular flexibility index (Phi) is 4.37. The summed E-state index contributed by atoms with van der Waals surface area (Å²) in [5.41, 5.74) is 1.30. The van der Waals surface area contributed by atoms with E-state index in [0.29, 0.717) is 16.9 Å². The molecule has 0 aliphatic heterocycles. The minimum absolute atomic E-state index is 0.114. The summed E-state index contributed by atoms with van der Waals surface area (Å²) in [6.45, 7) is 3.17. The number of ether oxygens (including phenoxy) is 1. The second-order valence-electron chi connectivity index (χ2n) is 5.43. The fraction of sp³-hybridized carbons (Fsp3) is 0.222. The van der Waals surface area contributed by atoms with Crippen molar-refractivity contribution in [2.45, 2.75) is 19.9 Å². The number of para-hydroxylation sites is 1. The number of esters is 1. The van der Waals surface area contributed by atoms with E-state index in [2.05, 4.69) is 5.32 Å². The Bertz CT molecular complexity index is 863. The van der Waals surface area contributed by atoms with Crippen LogP contribution >= 0.6 is 0 Å². The Labute approximate surface area is 138 Å². The Morgan fingerprint density at radius 2 is 2.00 bits per heavy atom. The van der Waals surface area contributed by atoms with Gasteiger partial charge in [-0.1, -0.05) is 18.2 Å². The monoisotopic (exact) mass is 327 g/mol. The molecule has 0 saturated heterocycles. The molecule has 124 valence electrons. The van der Waals surface area contributed by atoms with Gasteiger partial charge in [-0.05, 0) is 32.0 Å². The summed E-state index contributed by atoms with van der Waals surface area (Å²) < 4.78 is 15.8. The van der Waals surface area contributed by atoms with Gasteiger partial charge >= 0.3 is 5.97 Å². The standard InChI is InChI=1S/C18H17NO5/c1-11-13-6-3-4-7-15(13)24-17(11)18(21)23-10-16(20)19-12(2)14-8-5-9-22-14/h3-9,12H,10H2,1-2H3,(H,19,20)/t12-/m0/s1. The summed E-state index contributed by atoms with van der Waals surface area (Å²) in [4.78, 5) is 24.0. The third-order valence-corrected chi connectivity index (χ3v) is 3.71. The van der Waals surface area contributed by atoms with Crippen molar-refractivity contribution in [1.29, 1.82) is 0 Å².